The third-order valence-corrected chi connectivity index (χ3v) is 3.42. The molecule has 1 aliphatic rings. The van der Waals surface area contributed by atoms with Crippen LogP contribution >= 0.6 is 0 Å². The second-order valence-electron chi connectivity index (χ2n) is 4.37. The summed E-state index contributed by atoms with van der Waals surface area (Å²) >= 11 is 0. The van der Waals surface area contributed by atoms with Gasteiger partial charge in [0.15, 0.2) is 0 Å². The molecule has 1 saturated carbocycles. The molecule has 11 heavy (non-hydrogen) atoms. The van der Waals surface area contributed by atoms with Gasteiger partial charge in [-0.05, 0) is 36.8 Å². The molecule has 0 saturated heterocycles. The highest BCUT2D eigenvalue weighted by Crippen LogP contribution is 2.56. The molecule has 0 aliphatic heterocycles. The van der Waals surface area contributed by atoms with Crippen LogP contribution in [0.2, 0.25) is 0 Å². The summed E-state index contributed by atoms with van der Waals surface area (Å²) in [7, 11) is 0. The van der Waals surface area contributed by atoms with Gasteiger partial charge in [-0.1, -0.05) is 27.7 Å². The molecule has 0 aromatic carbocycles. The van der Waals surface area contributed by atoms with Gasteiger partial charge in [-0.25, -0.2) is 0 Å². The summed E-state index contributed by atoms with van der Waals surface area (Å²) in [6, 6.07) is 0. The van der Waals surface area contributed by atoms with E-state index in [0.717, 1.165) is 18.4 Å². The molecule has 0 radical (unpaired) electrons. The van der Waals surface area contributed by atoms with Gasteiger partial charge in [0.25, 0.3) is 0 Å². The van der Waals surface area contributed by atoms with E-state index in [-0.39, 0.29) is 0 Å². The first-order valence-electron chi connectivity index (χ1n) is 4.82. The lowest BCUT2D eigenvalue weighted by Gasteiger charge is -2.15. The highest BCUT2D eigenvalue weighted by Gasteiger charge is 2.51. The highest BCUT2D eigenvalue weighted by atomic mass is 14.9. The van der Waals surface area contributed by atoms with E-state index < -0.39 is 0 Å². The van der Waals surface area contributed by atoms with Crippen molar-refractivity contribution in [3.05, 3.63) is 0 Å². The third-order valence-electron chi connectivity index (χ3n) is 3.42. The maximum atomic E-state index is 3.42. The molecule has 1 N–H and O–H groups in total. The molecule has 0 heterocycles. The fraction of sp³-hybridized carbons (Fsp3) is 1.00. The zero-order chi connectivity index (χ0) is 8.48. The Kier molecular flexibility index (Phi) is 2.58. The van der Waals surface area contributed by atoms with Crippen molar-refractivity contribution in [2.24, 2.45) is 17.3 Å². The van der Waals surface area contributed by atoms with Crippen molar-refractivity contribution in [3.8, 4) is 0 Å². The minimum absolute atomic E-state index is 0.655. The SMILES string of the molecule is CCNCC1CC1(C)C(C)C. The molecular formula is C10H21N. The number of rotatable bonds is 4. The van der Waals surface area contributed by atoms with Crippen LogP contribution in [0.4, 0.5) is 0 Å². The normalized spacial score (nSPS) is 36.3. The lowest BCUT2D eigenvalue weighted by molar-refractivity contribution is 0.352. The van der Waals surface area contributed by atoms with Gasteiger partial charge in [-0.15, -0.1) is 0 Å². The Morgan fingerprint density at radius 1 is 1.55 bits per heavy atom. The van der Waals surface area contributed by atoms with Gasteiger partial charge in [0.1, 0.15) is 0 Å². The minimum Gasteiger partial charge on any atom is -0.317 e. The van der Waals surface area contributed by atoms with Crippen LogP contribution in [0.5, 0.6) is 0 Å². The van der Waals surface area contributed by atoms with E-state index in [2.05, 4.69) is 33.0 Å². The first kappa shape index (κ1) is 9.05. The molecule has 0 spiro atoms. The van der Waals surface area contributed by atoms with E-state index in [1.54, 1.807) is 0 Å². The Morgan fingerprint density at radius 2 is 2.18 bits per heavy atom. The quantitative estimate of drug-likeness (QED) is 0.656. The number of hydrogen-bond acceptors (Lipinski definition) is 1. The predicted octanol–water partition coefficient (Wildman–Crippen LogP) is 2.28. The van der Waals surface area contributed by atoms with Gasteiger partial charge >= 0.3 is 0 Å². The van der Waals surface area contributed by atoms with Crippen LogP contribution in [0.15, 0.2) is 0 Å². The van der Waals surface area contributed by atoms with Crippen molar-refractivity contribution in [1.29, 1.82) is 0 Å². The zero-order valence-electron chi connectivity index (χ0n) is 8.28. The summed E-state index contributed by atoms with van der Waals surface area (Å²) in [6.45, 7) is 11.6. The van der Waals surface area contributed by atoms with E-state index in [1.807, 2.05) is 0 Å². The predicted molar refractivity (Wildman–Crippen MR) is 49.6 cm³/mol. The fourth-order valence-electron chi connectivity index (χ4n) is 1.80. The van der Waals surface area contributed by atoms with Gasteiger partial charge in [-0.2, -0.15) is 0 Å². The van der Waals surface area contributed by atoms with Crippen LogP contribution in [0, 0.1) is 17.3 Å². The summed E-state index contributed by atoms with van der Waals surface area (Å²) in [5.74, 6) is 1.80. The number of hydrogen-bond donors (Lipinski definition) is 1. The molecule has 1 rings (SSSR count). The van der Waals surface area contributed by atoms with Gasteiger partial charge in [0.05, 0.1) is 0 Å². The van der Waals surface area contributed by atoms with Gasteiger partial charge < -0.3 is 5.32 Å². The van der Waals surface area contributed by atoms with E-state index in [9.17, 15) is 0 Å². The van der Waals surface area contributed by atoms with E-state index >= 15 is 0 Å². The van der Waals surface area contributed by atoms with E-state index in [1.165, 1.54) is 13.0 Å². The van der Waals surface area contributed by atoms with Crippen LogP contribution in [-0.2, 0) is 0 Å². The fourth-order valence-corrected chi connectivity index (χ4v) is 1.80. The molecule has 0 aromatic rings. The lowest BCUT2D eigenvalue weighted by Crippen LogP contribution is -2.20. The number of nitrogens with one attached hydrogen (secondary N) is 1. The maximum absolute atomic E-state index is 3.42. The molecule has 0 aromatic heterocycles. The van der Waals surface area contributed by atoms with Crippen LogP contribution in [0.25, 0.3) is 0 Å². The largest absolute Gasteiger partial charge is 0.317 e. The van der Waals surface area contributed by atoms with Gasteiger partial charge in [-0.3, -0.25) is 0 Å². The minimum atomic E-state index is 0.655. The van der Waals surface area contributed by atoms with Crippen LogP contribution in [0.3, 0.4) is 0 Å². The van der Waals surface area contributed by atoms with Crippen molar-refractivity contribution >= 4 is 0 Å². The molecule has 1 aliphatic carbocycles. The van der Waals surface area contributed by atoms with Crippen LogP contribution in [0.1, 0.15) is 34.1 Å². The Hall–Kier alpha value is -0.0400. The third kappa shape index (κ3) is 1.76. The Balaban J connectivity index is 2.23. The first-order chi connectivity index (χ1) is 5.11. The van der Waals surface area contributed by atoms with E-state index in [0.29, 0.717) is 5.41 Å². The Bertz CT molecular complexity index is 131. The Morgan fingerprint density at radius 3 is 2.55 bits per heavy atom. The molecule has 2 atom stereocenters. The van der Waals surface area contributed by atoms with Crippen LogP contribution in [-0.4, -0.2) is 13.1 Å². The summed E-state index contributed by atoms with van der Waals surface area (Å²) in [5, 5.41) is 3.42. The average Bonchev–Trinajstić information content (AvgIpc) is 2.59. The summed E-state index contributed by atoms with van der Waals surface area (Å²) in [5.41, 5.74) is 0.655. The standard InChI is InChI=1S/C10H21N/c1-5-11-7-9-6-10(9,4)8(2)3/h8-9,11H,5-7H2,1-4H3. The van der Waals surface area contributed by atoms with E-state index in [4.69, 9.17) is 0 Å². The smallest absolute Gasteiger partial charge is 0.00151 e. The first-order valence-corrected chi connectivity index (χ1v) is 4.82. The second-order valence-corrected chi connectivity index (χ2v) is 4.37. The van der Waals surface area contributed by atoms with Crippen molar-refractivity contribution in [3.63, 3.8) is 0 Å². The molecule has 1 fully saturated rings. The topological polar surface area (TPSA) is 12.0 Å². The van der Waals surface area contributed by atoms with Crippen molar-refractivity contribution in [2.75, 3.05) is 13.1 Å². The van der Waals surface area contributed by atoms with Crippen LogP contribution < -0.4 is 5.32 Å². The summed E-state index contributed by atoms with van der Waals surface area (Å²) < 4.78 is 0. The molecule has 1 nitrogen and oxygen atoms in total. The highest BCUT2D eigenvalue weighted by molar-refractivity contribution is 5.01. The summed E-state index contributed by atoms with van der Waals surface area (Å²) in [6.07, 6.45) is 1.43. The molecular weight excluding hydrogens is 134 g/mol. The molecule has 1 heteroatoms. The van der Waals surface area contributed by atoms with Crippen molar-refractivity contribution in [1.82, 2.24) is 5.32 Å². The van der Waals surface area contributed by atoms with Crippen molar-refractivity contribution < 1.29 is 0 Å². The average molecular weight is 155 g/mol. The van der Waals surface area contributed by atoms with Crippen molar-refractivity contribution in [2.45, 2.75) is 34.1 Å². The Labute approximate surface area is 70.6 Å². The maximum Gasteiger partial charge on any atom is -0.00151 e. The molecule has 0 amide bonds. The van der Waals surface area contributed by atoms with Gasteiger partial charge in [0, 0.05) is 0 Å². The molecule has 0 bridgehead atoms. The summed E-state index contributed by atoms with van der Waals surface area (Å²) in [4.78, 5) is 0. The molecule has 66 valence electrons. The second kappa shape index (κ2) is 3.14. The lowest BCUT2D eigenvalue weighted by atomic mass is 9.92. The monoisotopic (exact) mass is 155 g/mol. The molecule has 2 unspecified atom stereocenters. The zero-order valence-corrected chi connectivity index (χ0v) is 8.28. The van der Waals surface area contributed by atoms with Gasteiger partial charge in [0.2, 0.25) is 0 Å².